The van der Waals surface area contributed by atoms with Gasteiger partial charge >= 0.3 is 0 Å². The fourth-order valence-electron chi connectivity index (χ4n) is 2.12. The summed E-state index contributed by atoms with van der Waals surface area (Å²) in [6, 6.07) is 13.6. The molecule has 0 saturated carbocycles. The molecule has 0 aliphatic heterocycles. The van der Waals surface area contributed by atoms with Gasteiger partial charge < -0.3 is 10.6 Å². The first-order valence-electron chi connectivity index (χ1n) is 7.90. The molecule has 3 aromatic rings. The highest BCUT2D eigenvalue weighted by molar-refractivity contribution is 8.02. The molecule has 0 saturated heterocycles. The number of anilines is 3. The quantitative estimate of drug-likeness (QED) is 0.591. The lowest BCUT2D eigenvalue weighted by atomic mass is 10.2. The highest BCUT2D eigenvalue weighted by Crippen LogP contribution is 2.31. The maximum absolute atomic E-state index is 12.9. The van der Waals surface area contributed by atoms with Crippen LogP contribution in [0.15, 0.2) is 52.9 Å². The van der Waals surface area contributed by atoms with Gasteiger partial charge in [-0.1, -0.05) is 41.3 Å². The van der Waals surface area contributed by atoms with Gasteiger partial charge in [-0.25, -0.2) is 4.39 Å². The lowest BCUT2D eigenvalue weighted by molar-refractivity contribution is -0.115. The second-order valence-corrected chi connectivity index (χ2v) is 8.13. The standard InChI is InChI=1S/C18H17FN4OS2/c1-11-5-3-4-6-15(11)21-17-22-23-18(26-17)25-12(2)16(24)20-14-9-7-13(19)8-10-14/h3-10,12H,1-2H3,(H,20,24)(H,21,22)/t12-/m0/s1. The summed E-state index contributed by atoms with van der Waals surface area (Å²) in [5, 5.41) is 14.5. The molecule has 0 aliphatic carbocycles. The zero-order chi connectivity index (χ0) is 18.5. The molecule has 3 rings (SSSR count). The maximum Gasteiger partial charge on any atom is 0.237 e. The lowest BCUT2D eigenvalue weighted by Gasteiger charge is -2.10. The van der Waals surface area contributed by atoms with Crippen molar-refractivity contribution in [3.63, 3.8) is 0 Å². The molecule has 1 aromatic heterocycles. The summed E-state index contributed by atoms with van der Waals surface area (Å²) >= 11 is 2.72. The van der Waals surface area contributed by atoms with Gasteiger partial charge in [0.1, 0.15) is 5.82 Å². The molecule has 2 aromatic carbocycles. The second kappa shape index (κ2) is 8.29. The number of hydrogen-bond acceptors (Lipinski definition) is 6. The number of rotatable bonds is 6. The Morgan fingerprint density at radius 3 is 2.62 bits per heavy atom. The van der Waals surface area contributed by atoms with Crippen LogP contribution in [0.2, 0.25) is 0 Å². The number of carbonyl (C=O) groups excluding carboxylic acids is 1. The molecule has 1 atom stereocenters. The van der Waals surface area contributed by atoms with Crippen molar-refractivity contribution in [2.24, 2.45) is 0 Å². The number of aryl methyl sites for hydroxylation is 1. The molecule has 8 heteroatoms. The van der Waals surface area contributed by atoms with Crippen LogP contribution in [0.5, 0.6) is 0 Å². The van der Waals surface area contributed by atoms with Gasteiger partial charge in [0.05, 0.1) is 5.25 Å². The van der Waals surface area contributed by atoms with Crippen LogP contribution in [0.3, 0.4) is 0 Å². The Morgan fingerprint density at radius 1 is 1.15 bits per heavy atom. The van der Waals surface area contributed by atoms with Crippen LogP contribution in [0.1, 0.15) is 12.5 Å². The van der Waals surface area contributed by atoms with E-state index in [1.165, 1.54) is 47.4 Å². The van der Waals surface area contributed by atoms with E-state index in [4.69, 9.17) is 0 Å². The van der Waals surface area contributed by atoms with Crippen LogP contribution >= 0.6 is 23.1 Å². The molecule has 5 nitrogen and oxygen atoms in total. The van der Waals surface area contributed by atoms with Crippen molar-refractivity contribution in [3.05, 3.63) is 59.9 Å². The van der Waals surface area contributed by atoms with E-state index in [0.717, 1.165) is 11.3 Å². The smallest absolute Gasteiger partial charge is 0.237 e. The number of hydrogen-bond donors (Lipinski definition) is 2. The van der Waals surface area contributed by atoms with Crippen LogP contribution in [-0.2, 0) is 4.79 Å². The molecule has 1 amide bonds. The van der Waals surface area contributed by atoms with Crippen LogP contribution in [0.4, 0.5) is 20.9 Å². The molecule has 1 heterocycles. The summed E-state index contributed by atoms with van der Waals surface area (Å²) < 4.78 is 13.6. The van der Waals surface area contributed by atoms with E-state index >= 15 is 0 Å². The van der Waals surface area contributed by atoms with E-state index < -0.39 is 0 Å². The molecule has 0 spiro atoms. The Labute approximate surface area is 159 Å². The highest BCUT2D eigenvalue weighted by atomic mass is 32.2. The highest BCUT2D eigenvalue weighted by Gasteiger charge is 2.17. The Balaban J connectivity index is 1.58. The van der Waals surface area contributed by atoms with Gasteiger partial charge in [-0.3, -0.25) is 4.79 Å². The number of nitrogens with one attached hydrogen (secondary N) is 2. The van der Waals surface area contributed by atoms with Crippen molar-refractivity contribution in [2.45, 2.75) is 23.4 Å². The van der Waals surface area contributed by atoms with E-state index in [1.807, 2.05) is 31.2 Å². The minimum absolute atomic E-state index is 0.176. The predicted molar refractivity (Wildman–Crippen MR) is 105 cm³/mol. The molecule has 134 valence electrons. The SMILES string of the molecule is Cc1ccccc1Nc1nnc(S[C@@H](C)C(=O)Nc2ccc(F)cc2)s1. The van der Waals surface area contributed by atoms with Gasteiger partial charge in [0.2, 0.25) is 11.0 Å². The third kappa shape index (κ3) is 4.80. The largest absolute Gasteiger partial charge is 0.330 e. The summed E-state index contributed by atoms with van der Waals surface area (Å²) in [4.78, 5) is 12.3. The van der Waals surface area contributed by atoms with Crippen molar-refractivity contribution < 1.29 is 9.18 Å². The van der Waals surface area contributed by atoms with Gasteiger partial charge in [0.25, 0.3) is 0 Å². The summed E-state index contributed by atoms with van der Waals surface area (Å²) in [6.07, 6.45) is 0. The zero-order valence-corrected chi connectivity index (χ0v) is 15.8. The number of benzene rings is 2. The minimum atomic E-state index is -0.362. The first kappa shape index (κ1) is 18.3. The molecule has 2 N–H and O–H groups in total. The Hall–Kier alpha value is -2.45. The number of thioether (sulfide) groups is 1. The van der Waals surface area contributed by atoms with E-state index in [0.29, 0.717) is 15.2 Å². The first-order valence-corrected chi connectivity index (χ1v) is 9.60. The fraction of sp³-hybridized carbons (Fsp3) is 0.167. The van der Waals surface area contributed by atoms with Crippen LogP contribution < -0.4 is 10.6 Å². The van der Waals surface area contributed by atoms with Crippen molar-refractivity contribution in [3.8, 4) is 0 Å². The van der Waals surface area contributed by atoms with Gasteiger partial charge in [-0.05, 0) is 49.7 Å². The summed E-state index contributed by atoms with van der Waals surface area (Å²) in [6.45, 7) is 3.81. The average Bonchev–Trinajstić information content (AvgIpc) is 3.06. The van der Waals surface area contributed by atoms with E-state index in [1.54, 1.807) is 6.92 Å². The number of para-hydroxylation sites is 1. The minimum Gasteiger partial charge on any atom is -0.330 e. The van der Waals surface area contributed by atoms with Gasteiger partial charge in [-0.15, -0.1) is 10.2 Å². The van der Waals surface area contributed by atoms with E-state index in [9.17, 15) is 9.18 Å². The molecule has 0 unspecified atom stereocenters. The maximum atomic E-state index is 12.9. The Kier molecular flexibility index (Phi) is 5.85. The number of aromatic nitrogens is 2. The van der Waals surface area contributed by atoms with Crippen molar-refractivity contribution >= 4 is 45.5 Å². The number of nitrogens with zero attached hydrogens (tertiary/aromatic N) is 2. The van der Waals surface area contributed by atoms with E-state index in [-0.39, 0.29) is 17.0 Å². The average molecular weight is 388 g/mol. The van der Waals surface area contributed by atoms with Gasteiger partial charge in [0, 0.05) is 11.4 Å². The van der Waals surface area contributed by atoms with Crippen LogP contribution in [0.25, 0.3) is 0 Å². The number of carbonyl (C=O) groups is 1. The molecular weight excluding hydrogens is 371 g/mol. The van der Waals surface area contributed by atoms with Gasteiger partial charge in [0.15, 0.2) is 4.34 Å². The number of amides is 1. The zero-order valence-electron chi connectivity index (χ0n) is 14.2. The molecule has 26 heavy (non-hydrogen) atoms. The Bertz CT molecular complexity index is 898. The number of halogens is 1. The summed E-state index contributed by atoms with van der Waals surface area (Å²) in [5.41, 5.74) is 2.65. The lowest BCUT2D eigenvalue weighted by Crippen LogP contribution is -2.22. The van der Waals surface area contributed by atoms with Gasteiger partial charge in [-0.2, -0.15) is 0 Å². The fourth-order valence-corrected chi connectivity index (χ4v) is 4.03. The van der Waals surface area contributed by atoms with E-state index in [2.05, 4.69) is 20.8 Å². The third-order valence-electron chi connectivity index (χ3n) is 3.55. The van der Waals surface area contributed by atoms with Crippen molar-refractivity contribution in [1.82, 2.24) is 10.2 Å². The van der Waals surface area contributed by atoms with Crippen LogP contribution in [-0.4, -0.2) is 21.4 Å². The predicted octanol–water partition coefficient (Wildman–Crippen LogP) is 4.85. The van der Waals surface area contributed by atoms with Crippen LogP contribution in [0, 0.1) is 12.7 Å². The summed E-state index contributed by atoms with van der Waals surface area (Å²) in [7, 11) is 0. The second-order valence-electron chi connectivity index (χ2n) is 5.57. The monoisotopic (exact) mass is 388 g/mol. The normalized spacial score (nSPS) is 11.8. The Morgan fingerprint density at radius 2 is 1.88 bits per heavy atom. The third-order valence-corrected chi connectivity index (χ3v) is 5.57. The molecule has 0 fully saturated rings. The topological polar surface area (TPSA) is 66.9 Å². The molecular formula is C18H17FN4OS2. The summed E-state index contributed by atoms with van der Waals surface area (Å²) in [5.74, 6) is -0.516. The van der Waals surface area contributed by atoms with Crippen molar-refractivity contribution in [1.29, 1.82) is 0 Å². The molecule has 0 bridgehead atoms. The molecule has 0 aliphatic rings. The first-order chi connectivity index (χ1) is 12.5. The molecule has 0 radical (unpaired) electrons. The van der Waals surface area contributed by atoms with Crippen molar-refractivity contribution in [2.75, 3.05) is 10.6 Å².